The summed E-state index contributed by atoms with van der Waals surface area (Å²) < 4.78 is 30.7. The van der Waals surface area contributed by atoms with Crippen molar-refractivity contribution >= 4 is 28.4 Å². The lowest BCUT2D eigenvalue weighted by Gasteiger charge is -2.05. The zero-order valence-corrected chi connectivity index (χ0v) is 10.9. The third-order valence-corrected chi connectivity index (χ3v) is 3.35. The molecule has 1 heterocycles. The molecule has 8 heteroatoms. The summed E-state index contributed by atoms with van der Waals surface area (Å²) in [6.07, 6.45) is 0. The van der Waals surface area contributed by atoms with Gasteiger partial charge in [0.15, 0.2) is 0 Å². The standard InChI is InChI=1S/C12H8F2N2O3S/c1-5-8(12(18)19)11(20-16-5)15-10(17)9-6(13)3-2-4-7(9)14/h2-4H,1H3,(H,15,17)(H,18,19). The average molecular weight is 298 g/mol. The third kappa shape index (κ3) is 2.50. The van der Waals surface area contributed by atoms with Gasteiger partial charge in [0, 0.05) is 0 Å². The molecule has 2 N–H and O–H groups in total. The smallest absolute Gasteiger partial charge is 0.340 e. The number of nitrogens with zero attached hydrogens (tertiary/aromatic N) is 1. The van der Waals surface area contributed by atoms with Gasteiger partial charge < -0.3 is 10.4 Å². The number of carbonyl (C=O) groups excluding carboxylic acids is 1. The van der Waals surface area contributed by atoms with E-state index in [2.05, 4.69) is 9.69 Å². The van der Waals surface area contributed by atoms with Crippen molar-refractivity contribution in [1.82, 2.24) is 4.37 Å². The molecule has 0 saturated carbocycles. The van der Waals surface area contributed by atoms with Crippen molar-refractivity contribution < 1.29 is 23.5 Å². The summed E-state index contributed by atoms with van der Waals surface area (Å²) in [6, 6.07) is 3.00. The third-order valence-electron chi connectivity index (χ3n) is 2.49. The van der Waals surface area contributed by atoms with Crippen LogP contribution in [0.1, 0.15) is 26.4 Å². The highest BCUT2D eigenvalue weighted by Crippen LogP contribution is 2.25. The molecule has 1 amide bonds. The molecule has 2 aromatic rings. The van der Waals surface area contributed by atoms with Crippen molar-refractivity contribution in [3.05, 3.63) is 46.7 Å². The number of benzene rings is 1. The molecule has 1 aromatic heterocycles. The predicted molar refractivity (Wildman–Crippen MR) is 68.1 cm³/mol. The maximum atomic E-state index is 13.4. The fourth-order valence-corrected chi connectivity index (χ4v) is 2.37. The van der Waals surface area contributed by atoms with E-state index in [1.165, 1.54) is 6.92 Å². The van der Waals surface area contributed by atoms with Crippen LogP contribution in [0.4, 0.5) is 13.8 Å². The summed E-state index contributed by atoms with van der Waals surface area (Å²) >= 11 is 0.732. The molecule has 0 atom stereocenters. The Morgan fingerprint density at radius 2 is 1.85 bits per heavy atom. The first kappa shape index (κ1) is 14.1. The number of nitrogens with one attached hydrogen (secondary N) is 1. The van der Waals surface area contributed by atoms with Crippen molar-refractivity contribution in [1.29, 1.82) is 0 Å². The van der Waals surface area contributed by atoms with Gasteiger partial charge in [0.2, 0.25) is 0 Å². The second-order valence-electron chi connectivity index (χ2n) is 3.83. The van der Waals surface area contributed by atoms with Crippen LogP contribution in [0.15, 0.2) is 18.2 Å². The van der Waals surface area contributed by atoms with Crippen molar-refractivity contribution in [2.24, 2.45) is 0 Å². The van der Waals surface area contributed by atoms with E-state index in [1.807, 2.05) is 0 Å². The van der Waals surface area contributed by atoms with Crippen molar-refractivity contribution in [3.63, 3.8) is 0 Å². The average Bonchev–Trinajstić information content (AvgIpc) is 2.70. The molecule has 0 aliphatic carbocycles. The van der Waals surface area contributed by atoms with Gasteiger partial charge in [-0.15, -0.1) is 0 Å². The van der Waals surface area contributed by atoms with E-state index < -0.39 is 29.1 Å². The zero-order valence-electron chi connectivity index (χ0n) is 10.1. The fourth-order valence-electron chi connectivity index (χ4n) is 1.59. The molecular weight excluding hydrogens is 290 g/mol. The normalized spacial score (nSPS) is 10.3. The van der Waals surface area contributed by atoms with Crippen LogP contribution in [0, 0.1) is 18.6 Å². The number of carboxylic acid groups (broad SMARTS) is 1. The van der Waals surface area contributed by atoms with Gasteiger partial charge in [-0.2, -0.15) is 4.37 Å². The maximum Gasteiger partial charge on any atom is 0.340 e. The molecule has 1 aromatic carbocycles. The SMILES string of the molecule is Cc1nsc(NC(=O)c2c(F)cccc2F)c1C(=O)O. The Balaban J connectivity index is 2.36. The number of halogens is 2. The minimum Gasteiger partial charge on any atom is -0.478 e. The number of hydrogen-bond acceptors (Lipinski definition) is 4. The van der Waals surface area contributed by atoms with E-state index in [1.54, 1.807) is 0 Å². The van der Waals surface area contributed by atoms with Gasteiger partial charge in [0.25, 0.3) is 5.91 Å². The molecule has 20 heavy (non-hydrogen) atoms. The van der Waals surface area contributed by atoms with Gasteiger partial charge in [-0.25, -0.2) is 13.6 Å². The summed E-state index contributed by atoms with van der Waals surface area (Å²) in [4.78, 5) is 22.9. The lowest BCUT2D eigenvalue weighted by atomic mass is 10.2. The zero-order chi connectivity index (χ0) is 14.9. The molecule has 0 radical (unpaired) electrons. The van der Waals surface area contributed by atoms with Crippen molar-refractivity contribution in [3.8, 4) is 0 Å². The predicted octanol–water partition coefficient (Wildman–Crippen LogP) is 2.68. The van der Waals surface area contributed by atoms with Crippen molar-refractivity contribution in [2.45, 2.75) is 6.92 Å². The number of aryl methyl sites for hydroxylation is 1. The molecule has 2 rings (SSSR count). The number of aromatic nitrogens is 1. The van der Waals surface area contributed by atoms with E-state index in [4.69, 9.17) is 5.11 Å². The second kappa shape index (κ2) is 5.33. The van der Waals surface area contributed by atoms with E-state index in [9.17, 15) is 18.4 Å². The molecule has 0 unspecified atom stereocenters. The van der Waals surface area contributed by atoms with Crippen LogP contribution in [0.25, 0.3) is 0 Å². The van der Waals surface area contributed by atoms with Gasteiger partial charge in [-0.3, -0.25) is 4.79 Å². The molecule has 5 nitrogen and oxygen atoms in total. The van der Waals surface area contributed by atoms with Gasteiger partial charge >= 0.3 is 5.97 Å². The van der Waals surface area contributed by atoms with Gasteiger partial charge in [0.05, 0.1) is 5.69 Å². The molecule has 0 aliphatic heterocycles. The van der Waals surface area contributed by atoms with Crippen LogP contribution in [0.5, 0.6) is 0 Å². The van der Waals surface area contributed by atoms with E-state index in [0.717, 1.165) is 29.7 Å². The van der Waals surface area contributed by atoms with E-state index in [-0.39, 0.29) is 16.3 Å². The van der Waals surface area contributed by atoms with Crippen LogP contribution in [0.3, 0.4) is 0 Å². The summed E-state index contributed by atoms with van der Waals surface area (Å²) in [7, 11) is 0. The maximum absolute atomic E-state index is 13.4. The number of aromatic carboxylic acids is 1. The molecular formula is C12H8F2N2O3S. The first-order valence-corrected chi connectivity index (χ1v) is 6.14. The summed E-state index contributed by atoms with van der Waals surface area (Å²) in [6.45, 7) is 1.46. The molecule has 0 aliphatic rings. The highest BCUT2D eigenvalue weighted by molar-refractivity contribution is 7.11. The van der Waals surface area contributed by atoms with E-state index >= 15 is 0 Å². The fraction of sp³-hybridized carbons (Fsp3) is 0.0833. The molecule has 0 fully saturated rings. The van der Waals surface area contributed by atoms with E-state index in [0.29, 0.717) is 0 Å². The number of carbonyl (C=O) groups is 2. The number of anilines is 1. The van der Waals surface area contributed by atoms with Crippen LogP contribution in [-0.2, 0) is 0 Å². The first-order chi connectivity index (χ1) is 9.41. The number of carboxylic acids is 1. The number of amides is 1. The molecule has 0 spiro atoms. The Labute approximate surface area is 116 Å². The Morgan fingerprint density at radius 1 is 1.25 bits per heavy atom. The monoisotopic (exact) mass is 298 g/mol. The Morgan fingerprint density at radius 3 is 2.40 bits per heavy atom. The van der Waals surface area contributed by atoms with Gasteiger partial charge in [-0.1, -0.05) is 6.07 Å². The van der Waals surface area contributed by atoms with Gasteiger partial charge in [-0.05, 0) is 30.6 Å². The summed E-state index contributed by atoms with van der Waals surface area (Å²) in [5.41, 5.74) is -0.748. The van der Waals surface area contributed by atoms with Crippen molar-refractivity contribution in [2.75, 3.05) is 5.32 Å². The van der Waals surface area contributed by atoms with Crippen LogP contribution >= 0.6 is 11.5 Å². The van der Waals surface area contributed by atoms with Crippen LogP contribution in [-0.4, -0.2) is 21.4 Å². The quantitative estimate of drug-likeness (QED) is 0.913. The molecule has 0 saturated heterocycles. The summed E-state index contributed by atoms with van der Waals surface area (Å²) in [5.74, 6) is -4.39. The molecule has 0 bridgehead atoms. The second-order valence-corrected chi connectivity index (χ2v) is 4.60. The largest absolute Gasteiger partial charge is 0.478 e. The van der Waals surface area contributed by atoms with Crippen LogP contribution < -0.4 is 5.32 Å². The topological polar surface area (TPSA) is 79.3 Å². The Hall–Kier alpha value is -2.35. The lowest BCUT2D eigenvalue weighted by molar-refractivity contribution is 0.0697. The number of hydrogen-bond donors (Lipinski definition) is 2. The molecule has 104 valence electrons. The summed E-state index contributed by atoms with van der Waals surface area (Å²) in [5, 5.41) is 11.1. The van der Waals surface area contributed by atoms with Gasteiger partial charge in [0.1, 0.15) is 27.8 Å². The Kier molecular flexibility index (Phi) is 3.75. The van der Waals surface area contributed by atoms with Crippen LogP contribution in [0.2, 0.25) is 0 Å². The minimum absolute atomic E-state index is 0.0670. The Bertz CT molecular complexity index is 680. The highest BCUT2D eigenvalue weighted by Gasteiger charge is 2.22. The first-order valence-electron chi connectivity index (χ1n) is 5.36. The lowest BCUT2D eigenvalue weighted by Crippen LogP contribution is -2.16. The number of rotatable bonds is 3. The minimum atomic E-state index is -1.28. The highest BCUT2D eigenvalue weighted by atomic mass is 32.1.